The van der Waals surface area contributed by atoms with E-state index in [2.05, 4.69) is 4.99 Å². The van der Waals surface area contributed by atoms with E-state index in [1.54, 1.807) is 41.5 Å². The summed E-state index contributed by atoms with van der Waals surface area (Å²) in [4.78, 5) is 18.4. The Kier molecular flexibility index (Phi) is 15.0. The van der Waals surface area contributed by atoms with E-state index in [0.29, 0.717) is 5.71 Å². The minimum absolute atomic E-state index is 0.0680. The molecule has 0 bridgehead atoms. The highest BCUT2D eigenvalue weighted by molar-refractivity contribution is 5.89. The lowest BCUT2D eigenvalue weighted by molar-refractivity contribution is -0.298. The third kappa shape index (κ3) is 9.46. The van der Waals surface area contributed by atoms with E-state index in [9.17, 15) is 29.6 Å². The van der Waals surface area contributed by atoms with Gasteiger partial charge in [0.2, 0.25) is 0 Å². The van der Waals surface area contributed by atoms with E-state index >= 15 is 0 Å². The summed E-state index contributed by atoms with van der Waals surface area (Å²) < 4.78 is 42.3. The fraction of sp³-hybridized carbons (Fsp3) is 0.941. The van der Waals surface area contributed by atoms with Crippen molar-refractivity contribution in [2.24, 2.45) is 34.6 Å². The van der Waals surface area contributed by atoms with Crippen molar-refractivity contribution in [3.8, 4) is 0 Å². The van der Waals surface area contributed by atoms with Crippen molar-refractivity contribution < 1.29 is 53.3 Å². The molecule has 46 heavy (non-hydrogen) atoms. The summed E-state index contributed by atoms with van der Waals surface area (Å²) in [5.74, 6) is -3.35. The van der Waals surface area contributed by atoms with Gasteiger partial charge in [-0.2, -0.15) is 0 Å². The lowest BCUT2D eigenvalue weighted by Gasteiger charge is -2.47. The SMILES string of the molecule is CC[C@H]1OC(=O)[C@H](C)[C@@H](O[C@H]2C[C@@](C)(OC)[C@@H](O)[C@H](C)O2)[C@H](C)[C@@H](C)[C@](C)(O)C[C@@H](C)/C(=N\COCCCF)[C@H](C)[C@@H](O)[C@]1(C)O. The number of carbonyl (C=O) groups excluding carboxylic acids is 1. The zero-order valence-corrected chi connectivity index (χ0v) is 29.9. The van der Waals surface area contributed by atoms with E-state index in [1.807, 2.05) is 20.8 Å². The molecule has 12 heteroatoms. The second-order valence-corrected chi connectivity index (χ2v) is 14.4. The molecule has 2 heterocycles. The number of nitrogens with zero attached hydrogens (tertiary/aromatic N) is 1. The fourth-order valence-electron chi connectivity index (χ4n) is 7.17. The second kappa shape index (κ2) is 16.9. The number of alkyl halides is 1. The molecule has 0 spiro atoms. The Labute approximate surface area is 275 Å². The number of carbonyl (C=O) groups is 1. The molecule has 2 rings (SSSR count). The van der Waals surface area contributed by atoms with Gasteiger partial charge in [-0.1, -0.05) is 34.6 Å². The summed E-state index contributed by atoms with van der Waals surface area (Å²) in [6, 6.07) is 0. The van der Waals surface area contributed by atoms with Crippen molar-refractivity contribution in [1.29, 1.82) is 0 Å². The number of aliphatic hydroxyl groups is 4. The van der Waals surface area contributed by atoms with Gasteiger partial charge in [-0.3, -0.25) is 14.2 Å². The van der Waals surface area contributed by atoms with Crippen LogP contribution >= 0.6 is 0 Å². The van der Waals surface area contributed by atoms with Crippen LogP contribution in [0.3, 0.4) is 0 Å². The lowest BCUT2D eigenvalue weighted by Crippen LogP contribution is -2.58. The van der Waals surface area contributed by atoms with Crippen molar-refractivity contribution >= 4 is 11.7 Å². The molecule has 0 saturated carbocycles. The number of cyclic esters (lactones) is 1. The van der Waals surface area contributed by atoms with Crippen LogP contribution in [0.15, 0.2) is 4.99 Å². The summed E-state index contributed by atoms with van der Waals surface area (Å²) in [6.45, 7) is 17.2. The molecule has 0 amide bonds. The number of halogens is 1. The van der Waals surface area contributed by atoms with Gasteiger partial charge in [-0.05, 0) is 71.6 Å². The first kappa shape index (κ1) is 40.9. The molecule has 0 aromatic rings. The largest absolute Gasteiger partial charge is 0.459 e. The Morgan fingerprint density at radius 2 is 1.63 bits per heavy atom. The van der Waals surface area contributed by atoms with E-state index < -0.39 is 89.9 Å². The van der Waals surface area contributed by atoms with Crippen molar-refractivity contribution in [1.82, 2.24) is 0 Å². The van der Waals surface area contributed by atoms with Gasteiger partial charge in [-0.25, -0.2) is 0 Å². The molecule has 0 aliphatic carbocycles. The maximum Gasteiger partial charge on any atom is 0.311 e. The number of ether oxygens (including phenoxy) is 5. The van der Waals surface area contributed by atoms with Crippen LogP contribution in [-0.2, 0) is 28.5 Å². The van der Waals surface area contributed by atoms with Gasteiger partial charge in [0.15, 0.2) is 6.29 Å². The predicted molar refractivity (Wildman–Crippen MR) is 172 cm³/mol. The monoisotopic (exact) mass is 663 g/mol. The molecule has 2 fully saturated rings. The number of hydrogen-bond acceptors (Lipinski definition) is 11. The first-order valence-electron chi connectivity index (χ1n) is 16.8. The summed E-state index contributed by atoms with van der Waals surface area (Å²) in [5.41, 5.74) is -3.58. The number of hydrogen-bond donors (Lipinski definition) is 4. The van der Waals surface area contributed by atoms with Gasteiger partial charge < -0.3 is 44.1 Å². The zero-order chi connectivity index (χ0) is 35.2. The van der Waals surface area contributed by atoms with Crippen LogP contribution in [0, 0.1) is 29.6 Å². The van der Waals surface area contributed by atoms with Gasteiger partial charge >= 0.3 is 5.97 Å². The molecule has 270 valence electrons. The second-order valence-electron chi connectivity index (χ2n) is 14.4. The first-order valence-corrected chi connectivity index (χ1v) is 16.8. The van der Waals surface area contributed by atoms with Crippen LogP contribution in [0.4, 0.5) is 4.39 Å². The topological polar surface area (TPSA) is 156 Å². The minimum Gasteiger partial charge on any atom is -0.459 e. The van der Waals surface area contributed by atoms with Crippen LogP contribution in [0.5, 0.6) is 0 Å². The van der Waals surface area contributed by atoms with Gasteiger partial charge in [0.1, 0.15) is 24.5 Å². The molecular formula is C34H62FNO10. The maximum absolute atomic E-state index is 13.8. The number of esters is 1. The predicted octanol–water partition coefficient (Wildman–Crippen LogP) is 3.82. The Hall–Kier alpha value is -1.25. The Morgan fingerprint density at radius 3 is 2.20 bits per heavy atom. The number of aliphatic hydroxyl groups excluding tert-OH is 2. The Bertz CT molecular complexity index is 995. The Morgan fingerprint density at radius 1 is 1.00 bits per heavy atom. The van der Waals surface area contributed by atoms with Gasteiger partial charge in [0.25, 0.3) is 0 Å². The molecule has 4 N–H and O–H groups in total. The Balaban J connectivity index is 2.58. The van der Waals surface area contributed by atoms with E-state index in [1.165, 1.54) is 14.0 Å². The average Bonchev–Trinajstić information content (AvgIpc) is 3.00. The molecular weight excluding hydrogens is 601 g/mol. The first-order chi connectivity index (χ1) is 21.3. The highest BCUT2D eigenvalue weighted by atomic mass is 19.1. The smallest absolute Gasteiger partial charge is 0.311 e. The van der Waals surface area contributed by atoms with Crippen molar-refractivity contribution in [3.05, 3.63) is 0 Å². The zero-order valence-electron chi connectivity index (χ0n) is 29.9. The molecule has 2 aliphatic heterocycles. The molecule has 0 unspecified atom stereocenters. The molecule has 0 aromatic heterocycles. The summed E-state index contributed by atoms with van der Waals surface area (Å²) >= 11 is 0. The third-order valence-corrected chi connectivity index (χ3v) is 10.7. The van der Waals surface area contributed by atoms with Crippen LogP contribution in [0.1, 0.15) is 94.9 Å². The standard InChI is InChI=1S/C34H62FNO10/c1-12-25-34(10,41)29(37)21(4)27(36-18-43-15-13-14-35)19(2)16-32(8,40)23(6)20(3)28(22(5)31(39)45-25)46-26-17-33(9,42-11)30(38)24(7)44-26/h19-26,28-30,37-38,40-41H,12-18H2,1-11H3/b36-27+/t19-,20-,21+,22-,23-,24+,25-,26+,28+,29-,30+,32-,33-,34-/m1/s1. The summed E-state index contributed by atoms with van der Waals surface area (Å²) in [7, 11) is 1.52. The third-order valence-electron chi connectivity index (χ3n) is 10.7. The molecule has 11 nitrogen and oxygen atoms in total. The highest BCUT2D eigenvalue weighted by Crippen LogP contribution is 2.40. The number of methoxy groups -OCH3 is 1. The van der Waals surface area contributed by atoms with E-state index in [0.717, 1.165) is 0 Å². The summed E-state index contributed by atoms with van der Waals surface area (Å²) in [6.07, 6.45) is -4.68. The van der Waals surface area contributed by atoms with Crippen molar-refractivity contribution in [2.45, 2.75) is 149 Å². The summed E-state index contributed by atoms with van der Waals surface area (Å²) in [5, 5.41) is 46.0. The quantitative estimate of drug-likeness (QED) is 0.211. The number of rotatable bonds is 9. The molecule has 14 atom stereocenters. The van der Waals surface area contributed by atoms with Gasteiger partial charge in [0.05, 0.1) is 48.7 Å². The normalized spacial score (nSPS) is 46.1. The van der Waals surface area contributed by atoms with Crippen LogP contribution in [0.2, 0.25) is 0 Å². The molecule has 0 aromatic carbocycles. The van der Waals surface area contributed by atoms with Gasteiger partial charge in [-0.15, -0.1) is 0 Å². The van der Waals surface area contributed by atoms with Crippen LogP contribution < -0.4 is 0 Å². The average molecular weight is 664 g/mol. The number of aliphatic imine (C=N–C) groups is 1. The van der Waals surface area contributed by atoms with E-state index in [-0.39, 0.29) is 44.9 Å². The lowest BCUT2D eigenvalue weighted by atomic mass is 9.70. The van der Waals surface area contributed by atoms with Crippen molar-refractivity contribution in [3.63, 3.8) is 0 Å². The molecule has 0 radical (unpaired) electrons. The molecule has 2 aliphatic rings. The van der Waals surface area contributed by atoms with Crippen LogP contribution in [0.25, 0.3) is 0 Å². The van der Waals surface area contributed by atoms with Crippen molar-refractivity contribution in [2.75, 3.05) is 27.1 Å². The van der Waals surface area contributed by atoms with Gasteiger partial charge in [0, 0.05) is 25.2 Å². The fourth-order valence-corrected chi connectivity index (χ4v) is 7.17. The van der Waals surface area contributed by atoms with Crippen LogP contribution in [-0.4, -0.2) is 113 Å². The molecule has 2 saturated heterocycles. The van der Waals surface area contributed by atoms with E-state index in [4.69, 9.17) is 23.7 Å². The maximum atomic E-state index is 13.8. The highest BCUT2D eigenvalue weighted by Gasteiger charge is 2.50. The minimum atomic E-state index is -1.86.